The second-order valence-electron chi connectivity index (χ2n) is 2.12. The predicted octanol–water partition coefficient (Wildman–Crippen LogP) is -1.25. The van der Waals surface area contributed by atoms with Crippen LogP contribution in [0.2, 0.25) is 0 Å². The summed E-state index contributed by atoms with van der Waals surface area (Å²) in [5, 5.41) is 20.0. The quantitative estimate of drug-likeness (QED) is 0.374. The summed E-state index contributed by atoms with van der Waals surface area (Å²) in [7, 11) is -1.17. The first-order valence-corrected chi connectivity index (χ1v) is 2.90. The molecule has 1 fully saturated rings. The third-order valence-electron chi connectivity index (χ3n) is 1.46. The zero-order valence-corrected chi connectivity index (χ0v) is 4.67. The van der Waals surface area contributed by atoms with Crippen LogP contribution < -0.4 is 5.32 Å². The van der Waals surface area contributed by atoms with Gasteiger partial charge in [0.25, 0.3) is 0 Å². The van der Waals surface area contributed by atoms with Crippen molar-refractivity contribution in [3.63, 3.8) is 0 Å². The molecule has 0 aromatic heterocycles. The highest BCUT2D eigenvalue weighted by Gasteiger charge is 2.25. The van der Waals surface area contributed by atoms with Crippen molar-refractivity contribution < 1.29 is 10.0 Å². The monoisotopic (exact) mass is 115 g/mol. The van der Waals surface area contributed by atoms with E-state index in [1.165, 1.54) is 0 Å². The molecule has 3 nitrogen and oxygen atoms in total. The predicted molar refractivity (Wildman–Crippen MR) is 31.2 cm³/mol. The Hall–Kier alpha value is -0.0551. The molecule has 46 valence electrons. The molecule has 8 heavy (non-hydrogen) atoms. The molecule has 0 aromatic rings. The molecule has 0 bridgehead atoms. The molecule has 0 unspecified atom stereocenters. The van der Waals surface area contributed by atoms with E-state index in [-0.39, 0.29) is 5.94 Å². The summed E-state index contributed by atoms with van der Waals surface area (Å²) in [6, 6.07) is 0. The van der Waals surface area contributed by atoms with Crippen LogP contribution in [0, 0.1) is 0 Å². The third kappa shape index (κ3) is 1.21. The fourth-order valence-electron chi connectivity index (χ4n) is 0.966. The van der Waals surface area contributed by atoms with Gasteiger partial charge in [0.2, 0.25) is 0 Å². The molecular formula is C4H10BNO2. The summed E-state index contributed by atoms with van der Waals surface area (Å²) in [6.45, 7) is 0.919. The number of nitrogens with one attached hydrogen (secondary N) is 1. The Labute approximate surface area is 48.9 Å². The van der Waals surface area contributed by atoms with Gasteiger partial charge in [0.05, 0.1) is 0 Å². The average Bonchev–Trinajstić information content (AvgIpc) is 2.12. The van der Waals surface area contributed by atoms with Crippen molar-refractivity contribution in [3.8, 4) is 0 Å². The van der Waals surface area contributed by atoms with E-state index in [2.05, 4.69) is 5.32 Å². The molecule has 0 amide bonds. The summed E-state index contributed by atoms with van der Waals surface area (Å²) in [5.74, 6) is -0.0741. The third-order valence-corrected chi connectivity index (χ3v) is 1.46. The molecule has 4 heteroatoms. The van der Waals surface area contributed by atoms with Gasteiger partial charge in [-0.1, -0.05) is 0 Å². The standard InChI is InChI=1S/C4H10BNO2/c7-5(8)4-2-1-3-6-4/h4,6-8H,1-3H2/t4-/m1/s1. The van der Waals surface area contributed by atoms with E-state index in [4.69, 9.17) is 10.0 Å². The van der Waals surface area contributed by atoms with Gasteiger partial charge in [0, 0.05) is 5.94 Å². The summed E-state index contributed by atoms with van der Waals surface area (Å²) in [6.07, 6.45) is 1.94. The van der Waals surface area contributed by atoms with E-state index in [0.717, 1.165) is 19.4 Å². The van der Waals surface area contributed by atoms with Gasteiger partial charge >= 0.3 is 7.12 Å². The summed E-state index contributed by atoms with van der Waals surface area (Å²) in [4.78, 5) is 0. The van der Waals surface area contributed by atoms with Crippen LogP contribution in [0.15, 0.2) is 0 Å². The number of hydrogen-bond donors (Lipinski definition) is 3. The topological polar surface area (TPSA) is 52.5 Å². The molecular weight excluding hydrogens is 105 g/mol. The Morgan fingerprint density at radius 1 is 1.50 bits per heavy atom. The average molecular weight is 115 g/mol. The highest BCUT2D eigenvalue weighted by atomic mass is 16.4. The Balaban J connectivity index is 2.24. The smallest absolute Gasteiger partial charge is 0.426 e. The molecule has 1 heterocycles. The first-order valence-electron chi connectivity index (χ1n) is 2.90. The van der Waals surface area contributed by atoms with Crippen molar-refractivity contribution >= 4 is 7.12 Å². The lowest BCUT2D eigenvalue weighted by atomic mass is 9.79. The molecule has 0 aromatic carbocycles. The molecule has 0 aliphatic carbocycles. The Morgan fingerprint density at radius 2 is 2.25 bits per heavy atom. The van der Waals surface area contributed by atoms with Gasteiger partial charge < -0.3 is 15.4 Å². The van der Waals surface area contributed by atoms with E-state index in [1.807, 2.05) is 0 Å². The van der Waals surface area contributed by atoms with E-state index >= 15 is 0 Å². The molecule has 1 saturated heterocycles. The van der Waals surface area contributed by atoms with Crippen LogP contribution in [0.5, 0.6) is 0 Å². The van der Waals surface area contributed by atoms with E-state index in [1.54, 1.807) is 0 Å². The van der Waals surface area contributed by atoms with E-state index in [9.17, 15) is 0 Å². The van der Waals surface area contributed by atoms with Crippen LogP contribution in [0.3, 0.4) is 0 Å². The maximum Gasteiger partial charge on any atom is 0.469 e. The molecule has 0 radical (unpaired) electrons. The Kier molecular flexibility index (Phi) is 1.88. The largest absolute Gasteiger partial charge is 0.469 e. The molecule has 0 spiro atoms. The van der Waals surface area contributed by atoms with Crippen LogP contribution >= 0.6 is 0 Å². The molecule has 1 atom stereocenters. The number of rotatable bonds is 1. The minimum atomic E-state index is -1.17. The fourth-order valence-corrected chi connectivity index (χ4v) is 0.966. The van der Waals surface area contributed by atoms with Crippen LogP contribution in [-0.2, 0) is 0 Å². The molecule has 1 aliphatic rings. The van der Waals surface area contributed by atoms with Gasteiger partial charge in [-0.25, -0.2) is 0 Å². The summed E-state index contributed by atoms with van der Waals surface area (Å²) < 4.78 is 0. The molecule has 1 aliphatic heterocycles. The highest BCUT2D eigenvalue weighted by molar-refractivity contribution is 6.43. The van der Waals surface area contributed by atoms with Gasteiger partial charge in [-0.15, -0.1) is 0 Å². The first-order chi connectivity index (χ1) is 3.80. The van der Waals surface area contributed by atoms with Crippen LogP contribution in [-0.4, -0.2) is 29.7 Å². The Bertz CT molecular complexity index is 72.4. The van der Waals surface area contributed by atoms with Gasteiger partial charge in [-0.2, -0.15) is 0 Å². The van der Waals surface area contributed by atoms with E-state index < -0.39 is 7.12 Å². The van der Waals surface area contributed by atoms with Gasteiger partial charge in [0.15, 0.2) is 0 Å². The van der Waals surface area contributed by atoms with Crippen molar-refractivity contribution in [1.29, 1.82) is 0 Å². The lowest BCUT2D eigenvalue weighted by Gasteiger charge is -2.05. The normalized spacial score (nSPS) is 28.5. The van der Waals surface area contributed by atoms with Crippen molar-refractivity contribution in [3.05, 3.63) is 0 Å². The minimum Gasteiger partial charge on any atom is -0.426 e. The minimum absolute atomic E-state index is 0.0741. The lowest BCUT2D eigenvalue weighted by Crippen LogP contribution is -2.38. The van der Waals surface area contributed by atoms with Crippen molar-refractivity contribution in [2.45, 2.75) is 18.8 Å². The Morgan fingerprint density at radius 3 is 2.50 bits per heavy atom. The van der Waals surface area contributed by atoms with Crippen LogP contribution in [0.4, 0.5) is 0 Å². The van der Waals surface area contributed by atoms with Crippen LogP contribution in [0.1, 0.15) is 12.8 Å². The SMILES string of the molecule is OB(O)[C@H]1CCCN1. The molecule has 3 N–H and O–H groups in total. The summed E-state index contributed by atoms with van der Waals surface area (Å²) >= 11 is 0. The lowest BCUT2D eigenvalue weighted by molar-refractivity contribution is 0.379. The van der Waals surface area contributed by atoms with Crippen molar-refractivity contribution in [1.82, 2.24) is 5.32 Å². The van der Waals surface area contributed by atoms with Gasteiger partial charge in [-0.3, -0.25) is 0 Å². The molecule has 1 rings (SSSR count). The van der Waals surface area contributed by atoms with Crippen LogP contribution in [0.25, 0.3) is 0 Å². The second kappa shape index (κ2) is 2.48. The maximum atomic E-state index is 8.55. The second-order valence-corrected chi connectivity index (χ2v) is 2.12. The highest BCUT2D eigenvalue weighted by Crippen LogP contribution is 2.04. The van der Waals surface area contributed by atoms with Gasteiger partial charge in [0.1, 0.15) is 0 Å². The fraction of sp³-hybridized carbons (Fsp3) is 1.00. The number of hydrogen-bond acceptors (Lipinski definition) is 3. The van der Waals surface area contributed by atoms with Crippen molar-refractivity contribution in [2.75, 3.05) is 6.54 Å². The van der Waals surface area contributed by atoms with E-state index in [0.29, 0.717) is 0 Å². The van der Waals surface area contributed by atoms with Gasteiger partial charge in [-0.05, 0) is 19.4 Å². The first kappa shape index (κ1) is 6.07. The molecule has 0 saturated carbocycles. The zero-order valence-electron chi connectivity index (χ0n) is 4.67. The summed E-state index contributed by atoms with van der Waals surface area (Å²) in [5.41, 5.74) is 0. The maximum absolute atomic E-state index is 8.55. The van der Waals surface area contributed by atoms with Crippen molar-refractivity contribution in [2.24, 2.45) is 0 Å². The zero-order chi connectivity index (χ0) is 5.98.